The predicted octanol–water partition coefficient (Wildman–Crippen LogP) is 3.59. The van der Waals surface area contributed by atoms with E-state index in [1.165, 1.54) is 5.56 Å². The summed E-state index contributed by atoms with van der Waals surface area (Å²) in [5.74, 6) is 0.214. The van der Waals surface area contributed by atoms with E-state index >= 15 is 0 Å². The highest BCUT2D eigenvalue weighted by molar-refractivity contribution is 5.50. The third kappa shape index (κ3) is 2.98. The SMILES string of the molecule is O[C@@H]1C[C@H](c2ccccc2)[C@@H](/C=C/c2ccccc2)O1. The monoisotopic (exact) mass is 266 g/mol. The Kier molecular flexibility index (Phi) is 3.95. The van der Waals surface area contributed by atoms with Gasteiger partial charge in [-0.05, 0) is 11.1 Å². The van der Waals surface area contributed by atoms with E-state index in [1.54, 1.807) is 0 Å². The zero-order valence-electron chi connectivity index (χ0n) is 11.2. The summed E-state index contributed by atoms with van der Waals surface area (Å²) in [7, 11) is 0. The molecule has 1 aliphatic heterocycles. The molecule has 0 aromatic heterocycles. The molecule has 0 amide bonds. The van der Waals surface area contributed by atoms with Crippen LogP contribution in [0.4, 0.5) is 0 Å². The van der Waals surface area contributed by atoms with Crippen molar-refractivity contribution in [3.05, 3.63) is 77.9 Å². The molecular formula is C18H18O2. The second-order valence-electron chi connectivity index (χ2n) is 5.08. The minimum absolute atomic E-state index is 0.0763. The number of hydrogen-bond acceptors (Lipinski definition) is 2. The standard InChI is InChI=1S/C18H18O2/c19-18-13-16(15-9-5-2-6-10-15)17(20-18)12-11-14-7-3-1-4-8-14/h1-12,16-19H,13H2/b12-11+/t16-,17-,18+/m1/s1. The lowest BCUT2D eigenvalue weighted by molar-refractivity contribution is -0.0780. The molecule has 3 atom stereocenters. The Hall–Kier alpha value is -1.90. The van der Waals surface area contributed by atoms with Gasteiger partial charge in [-0.15, -0.1) is 0 Å². The summed E-state index contributed by atoms with van der Waals surface area (Å²) < 4.78 is 5.62. The first kappa shape index (κ1) is 13.1. The van der Waals surface area contributed by atoms with Gasteiger partial charge >= 0.3 is 0 Å². The molecule has 0 radical (unpaired) electrons. The molecule has 20 heavy (non-hydrogen) atoms. The minimum atomic E-state index is -0.675. The van der Waals surface area contributed by atoms with Crippen molar-refractivity contribution < 1.29 is 9.84 Å². The Morgan fingerprint density at radius 2 is 1.60 bits per heavy atom. The van der Waals surface area contributed by atoms with Gasteiger partial charge in [-0.25, -0.2) is 0 Å². The first-order valence-electron chi connectivity index (χ1n) is 6.94. The first-order valence-corrected chi connectivity index (χ1v) is 6.94. The van der Waals surface area contributed by atoms with Crippen LogP contribution in [0, 0.1) is 0 Å². The summed E-state index contributed by atoms with van der Waals surface area (Å²) in [5.41, 5.74) is 2.36. The van der Waals surface area contributed by atoms with Crippen LogP contribution in [0.5, 0.6) is 0 Å². The fourth-order valence-electron chi connectivity index (χ4n) is 2.66. The Bertz CT molecular complexity index is 562. The largest absolute Gasteiger partial charge is 0.368 e. The maximum atomic E-state index is 9.77. The molecule has 0 spiro atoms. The molecule has 1 aliphatic rings. The molecule has 2 nitrogen and oxygen atoms in total. The van der Waals surface area contributed by atoms with E-state index in [2.05, 4.69) is 30.3 Å². The Balaban J connectivity index is 1.79. The molecule has 2 aromatic rings. The normalized spacial score (nSPS) is 26.1. The highest BCUT2D eigenvalue weighted by Crippen LogP contribution is 2.35. The molecule has 1 heterocycles. The van der Waals surface area contributed by atoms with Crippen molar-refractivity contribution in [1.29, 1.82) is 0 Å². The van der Waals surface area contributed by atoms with Crippen LogP contribution in [0.2, 0.25) is 0 Å². The van der Waals surface area contributed by atoms with Gasteiger partial charge in [0.25, 0.3) is 0 Å². The molecule has 0 aliphatic carbocycles. The zero-order valence-corrected chi connectivity index (χ0v) is 11.2. The molecular weight excluding hydrogens is 248 g/mol. The summed E-state index contributed by atoms with van der Waals surface area (Å²) in [6.07, 6.45) is 3.99. The maximum Gasteiger partial charge on any atom is 0.156 e. The zero-order chi connectivity index (χ0) is 13.8. The molecule has 0 unspecified atom stereocenters. The van der Waals surface area contributed by atoms with Crippen molar-refractivity contribution in [3.63, 3.8) is 0 Å². The van der Waals surface area contributed by atoms with Crippen molar-refractivity contribution in [1.82, 2.24) is 0 Å². The van der Waals surface area contributed by atoms with Gasteiger partial charge in [0.1, 0.15) is 0 Å². The molecule has 1 N–H and O–H groups in total. The van der Waals surface area contributed by atoms with Gasteiger partial charge < -0.3 is 9.84 Å². The van der Waals surface area contributed by atoms with Crippen molar-refractivity contribution in [2.45, 2.75) is 24.7 Å². The smallest absolute Gasteiger partial charge is 0.156 e. The fourth-order valence-corrected chi connectivity index (χ4v) is 2.66. The van der Waals surface area contributed by atoms with Gasteiger partial charge in [-0.1, -0.05) is 72.8 Å². The molecule has 3 rings (SSSR count). The van der Waals surface area contributed by atoms with Crippen molar-refractivity contribution in [3.8, 4) is 0 Å². The third-order valence-corrected chi connectivity index (χ3v) is 3.67. The second-order valence-corrected chi connectivity index (χ2v) is 5.08. The topological polar surface area (TPSA) is 29.5 Å². The fraction of sp³-hybridized carbons (Fsp3) is 0.222. The van der Waals surface area contributed by atoms with Gasteiger partial charge in [-0.3, -0.25) is 0 Å². The molecule has 102 valence electrons. The van der Waals surface area contributed by atoms with Crippen molar-refractivity contribution in [2.24, 2.45) is 0 Å². The average Bonchev–Trinajstić information content (AvgIpc) is 2.88. The van der Waals surface area contributed by atoms with Gasteiger partial charge in [-0.2, -0.15) is 0 Å². The van der Waals surface area contributed by atoms with Crippen LogP contribution in [-0.2, 0) is 4.74 Å². The number of hydrogen-bond donors (Lipinski definition) is 1. The first-order chi connectivity index (χ1) is 9.83. The Labute approximate surface area is 119 Å². The van der Waals surface area contributed by atoms with Crippen LogP contribution in [0.25, 0.3) is 6.08 Å². The molecule has 0 saturated carbocycles. The predicted molar refractivity (Wildman–Crippen MR) is 80.2 cm³/mol. The lowest BCUT2D eigenvalue weighted by Crippen LogP contribution is -2.11. The van der Waals surface area contributed by atoms with Crippen LogP contribution in [0.3, 0.4) is 0 Å². The summed E-state index contributed by atoms with van der Waals surface area (Å²) in [5, 5.41) is 9.77. The third-order valence-electron chi connectivity index (χ3n) is 3.67. The number of rotatable bonds is 3. The number of aliphatic hydroxyl groups is 1. The van der Waals surface area contributed by atoms with Crippen LogP contribution < -0.4 is 0 Å². The van der Waals surface area contributed by atoms with E-state index in [-0.39, 0.29) is 12.0 Å². The Morgan fingerprint density at radius 1 is 0.950 bits per heavy atom. The van der Waals surface area contributed by atoms with E-state index in [9.17, 15) is 5.11 Å². The number of benzene rings is 2. The lowest BCUT2D eigenvalue weighted by Gasteiger charge is -2.14. The summed E-state index contributed by atoms with van der Waals surface area (Å²) in [4.78, 5) is 0. The van der Waals surface area contributed by atoms with E-state index in [0.717, 1.165) is 5.56 Å². The van der Waals surface area contributed by atoms with E-state index < -0.39 is 6.29 Å². The number of ether oxygens (including phenoxy) is 1. The molecule has 1 saturated heterocycles. The van der Waals surface area contributed by atoms with Crippen molar-refractivity contribution >= 4 is 6.08 Å². The molecule has 2 aromatic carbocycles. The maximum absolute atomic E-state index is 9.77. The van der Waals surface area contributed by atoms with E-state index in [4.69, 9.17) is 4.74 Å². The Morgan fingerprint density at radius 3 is 2.30 bits per heavy atom. The van der Waals surface area contributed by atoms with Crippen LogP contribution in [0.15, 0.2) is 66.7 Å². The minimum Gasteiger partial charge on any atom is -0.368 e. The molecule has 0 bridgehead atoms. The second kappa shape index (κ2) is 6.04. The summed E-state index contributed by atoms with van der Waals surface area (Å²) in [6, 6.07) is 20.4. The van der Waals surface area contributed by atoms with Crippen LogP contribution >= 0.6 is 0 Å². The lowest BCUT2D eigenvalue weighted by atomic mass is 9.92. The summed E-state index contributed by atoms with van der Waals surface area (Å²) >= 11 is 0. The number of aliphatic hydroxyl groups excluding tert-OH is 1. The van der Waals surface area contributed by atoms with Crippen molar-refractivity contribution in [2.75, 3.05) is 0 Å². The van der Waals surface area contributed by atoms with Crippen LogP contribution in [-0.4, -0.2) is 17.5 Å². The van der Waals surface area contributed by atoms with Crippen LogP contribution in [0.1, 0.15) is 23.5 Å². The molecule has 2 heteroatoms. The van der Waals surface area contributed by atoms with Gasteiger partial charge in [0.15, 0.2) is 6.29 Å². The van der Waals surface area contributed by atoms with Gasteiger partial charge in [0.2, 0.25) is 0 Å². The van der Waals surface area contributed by atoms with Gasteiger partial charge in [0, 0.05) is 12.3 Å². The quantitative estimate of drug-likeness (QED) is 0.920. The summed E-state index contributed by atoms with van der Waals surface area (Å²) in [6.45, 7) is 0. The highest BCUT2D eigenvalue weighted by atomic mass is 16.6. The van der Waals surface area contributed by atoms with E-state index in [0.29, 0.717) is 6.42 Å². The van der Waals surface area contributed by atoms with Gasteiger partial charge in [0.05, 0.1) is 6.10 Å². The average molecular weight is 266 g/mol. The molecule has 1 fully saturated rings. The highest BCUT2D eigenvalue weighted by Gasteiger charge is 2.33. The van der Waals surface area contributed by atoms with E-state index in [1.807, 2.05) is 42.5 Å².